The molecule has 5 heteroatoms. The van der Waals surface area contributed by atoms with Gasteiger partial charge in [0.05, 0.1) is 6.10 Å². The molecular formula is C14H30O4S. The minimum absolute atomic E-state index is 0.455. The van der Waals surface area contributed by atoms with Crippen LogP contribution in [-0.2, 0) is 10.1 Å². The van der Waals surface area contributed by atoms with Crippen molar-refractivity contribution in [2.45, 2.75) is 83.7 Å². The van der Waals surface area contributed by atoms with E-state index >= 15 is 0 Å². The lowest BCUT2D eigenvalue weighted by atomic mass is 10.1. The summed E-state index contributed by atoms with van der Waals surface area (Å²) in [4.78, 5) is 0. The van der Waals surface area contributed by atoms with Gasteiger partial charge in [-0.05, 0) is 6.42 Å². The Morgan fingerprint density at radius 1 is 0.842 bits per heavy atom. The van der Waals surface area contributed by atoms with Crippen LogP contribution in [0.25, 0.3) is 0 Å². The van der Waals surface area contributed by atoms with Crippen LogP contribution in [0.2, 0.25) is 0 Å². The number of aliphatic hydroxyl groups is 1. The molecule has 0 rings (SSSR count). The number of unbranched alkanes of at least 4 members (excludes halogenated alkanes) is 9. The van der Waals surface area contributed by atoms with Gasteiger partial charge in [0.2, 0.25) is 0 Å². The van der Waals surface area contributed by atoms with Gasteiger partial charge >= 0.3 is 0 Å². The number of rotatable bonds is 13. The summed E-state index contributed by atoms with van der Waals surface area (Å²) in [5.41, 5.74) is 0. The average Bonchev–Trinajstić information content (AvgIpc) is 2.29. The first-order valence-electron chi connectivity index (χ1n) is 7.59. The number of hydrogen-bond acceptors (Lipinski definition) is 3. The maximum absolute atomic E-state index is 10.5. The fourth-order valence-corrected chi connectivity index (χ4v) is 2.85. The summed E-state index contributed by atoms with van der Waals surface area (Å²) in [5.74, 6) is -0.537. The Balaban J connectivity index is 3.23. The summed E-state index contributed by atoms with van der Waals surface area (Å²) in [6.45, 7) is 2.22. The van der Waals surface area contributed by atoms with E-state index in [0.717, 1.165) is 19.3 Å². The standard InChI is InChI=1S/C14H30O4S/c1-2-3-4-5-6-7-8-9-10-11-12-14(15)13-19(16,17)18/h14-15H,2-13H2,1H3,(H,16,17,18). The molecule has 0 saturated carbocycles. The molecule has 0 bridgehead atoms. The van der Waals surface area contributed by atoms with Gasteiger partial charge in [-0.3, -0.25) is 4.55 Å². The fraction of sp³-hybridized carbons (Fsp3) is 1.00. The Hall–Kier alpha value is -0.130. The van der Waals surface area contributed by atoms with E-state index in [9.17, 15) is 13.5 Å². The molecule has 0 heterocycles. The summed E-state index contributed by atoms with van der Waals surface area (Å²) in [6.07, 6.45) is 11.6. The van der Waals surface area contributed by atoms with E-state index in [1.54, 1.807) is 0 Å². The summed E-state index contributed by atoms with van der Waals surface area (Å²) in [5, 5.41) is 9.37. The summed E-state index contributed by atoms with van der Waals surface area (Å²) in [7, 11) is -4.04. The van der Waals surface area contributed by atoms with Crippen LogP contribution in [-0.4, -0.2) is 29.9 Å². The highest BCUT2D eigenvalue weighted by molar-refractivity contribution is 7.85. The van der Waals surface area contributed by atoms with E-state index in [-0.39, 0.29) is 0 Å². The minimum Gasteiger partial charge on any atom is -0.392 e. The van der Waals surface area contributed by atoms with Crippen molar-refractivity contribution < 1.29 is 18.1 Å². The molecule has 0 saturated heterocycles. The quantitative estimate of drug-likeness (QED) is 0.402. The first-order valence-corrected chi connectivity index (χ1v) is 9.20. The summed E-state index contributed by atoms with van der Waals surface area (Å²) in [6, 6.07) is 0. The average molecular weight is 294 g/mol. The van der Waals surface area contributed by atoms with Gasteiger partial charge in [0.25, 0.3) is 10.1 Å². The molecular weight excluding hydrogens is 264 g/mol. The van der Waals surface area contributed by atoms with Crippen LogP contribution in [0, 0.1) is 0 Å². The molecule has 0 radical (unpaired) electrons. The summed E-state index contributed by atoms with van der Waals surface area (Å²) < 4.78 is 29.6. The number of hydrogen-bond donors (Lipinski definition) is 2. The van der Waals surface area contributed by atoms with Gasteiger partial charge in [0.15, 0.2) is 0 Å². The smallest absolute Gasteiger partial charge is 0.267 e. The van der Waals surface area contributed by atoms with Crippen molar-refractivity contribution in [3.8, 4) is 0 Å². The molecule has 19 heavy (non-hydrogen) atoms. The second kappa shape index (κ2) is 11.7. The molecule has 0 aromatic rings. The van der Waals surface area contributed by atoms with Crippen LogP contribution in [0.3, 0.4) is 0 Å². The second-order valence-electron chi connectivity index (χ2n) is 5.37. The molecule has 0 aromatic carbocycles. The Morgan fingerprint density at radius 3 is 1.68 bits per heavy atom. The highest BCUT2D eigenvalue weighted by Gasteiger charge is 2.13. The van der Waals surface area contributed by atoms with E-state index < -0.39 is 22.0 Å². The fourth-order valence-electron chi connectivity index (χ4n) is 2.19. The lowest BCUT2D eigenvalue weighted by Gasteiger charge is -2.08. The molecule has 4 nitrogen and oxygen atoms in total. The van der Waals surface area contributed by atoms with Crippen LogP contribution in [0.5, 0.6) is 0 Å². The van der Waals surface area contributed by atoms with Crippen LogP contribution in [0.15, 0.2) is 0 Å². The molecule has 1 atom stereocenters. The highest BCUT2D eigenvalue weighted by Crippen LogP contribution is 2.12. The molecule has 0 aliphatic carbocycles. The zero-order chi connectivity index (χ0) is 14.6. The zero-order valence-electron chi connectivity index (χ0n) is 12.2. The van der Waals surface area contributed by atoms with Crippen molar-refractivity contribution in [3.63, 3.8) is 0 Å². The SMILES string of the molecule is CCCCCCCCCCCCC(O)CS(=O)(=O)O. The van der Waals surface area contributed by atoms with Crippen LogP contribution in [0.4, 0.5) is 0 Å². The molecule has 116 valence electrons. The maximum Gasteiger partial charge on any atom is 0.267 e. The molecule has 0 amide bonds. The molecule has 0 aromatic heterocycles. The molecule has 0 aliphatic rings. The minimum atomic E-state index is -4.04. The Labute approximate surface area is 118 Å². The topological polar surface area (TPSA) is 74.6 Å². The molecule has 1 unspecified atom stereocenters. The molecule has 2 N–H and O–H groups in total. The van der Waals surface area contributed by atoms with Crippen LogP contribution in [0.1, 0.15) is 77.6 Å². The van der Waals surface area contributed by atoms with Crippen molar-refractivity contribution in [2.24, 2.45) is 0 Å². The van der Waals surface area contributed by atoms with Crippen molar-refractivity contribution >= 4 is 10.1 Å². The molecule has 0 aliphatic heterocycles. The predicted octanol–water partition coefficient (Wildman–Crippen LogP) is 3.55. The molecule has 0 fully saturated rings. The van der Waals surface area contributed by atoms with Crippen molar-refractivity contribution in [1.82, 2.24) is 0 Å². The first kappa shape index (κ1) is 18.9. The monoisotopic (exact) mass is 294 g/mol. The molecule has 0 spiro atoms. The Bertz CT molecular complexity index is 288. The van der Waals surface area contributed by atoms with Crippen LogP contribution >= 0.6 is 0 Å². The normalized spacial score (nSPS) is 13.6. The predicted molar refractivity (Wildman–Crippen MR) is 78.9 cm³/mol. The van der Waals surface area contributed by atoms with E-state index in [4.69, 9.17) is 4.55 Å². The number of aliphatic hydroxyl groups excluding tert-OH is 1. The van der Waals surface area contributed by atoms with E-state index in [2.05, 4.69) is 6.92 Å². The third-order valence-electron chi connectivity index (χ3n) is 3.29. The van der Waals surface area contributed by atoms with Crippen molar-refractivity contribution in [3.05, 3.63) is 0 Å². The van der Waals surface area contributed by atoms with Crippen molar-refractivity contribution in [1.29, 1.82) is 0 Å². The second-order valence-corrected chi connectivity index (χ2v) is 6.87. The van der Waals surface area contributed by atoms with Crippen LogP contribution < -0.4 is 0 Å². The highest BCUT2D eigenvalue weighted by atomic mass is 32.2. The summed E-state index contributed by atoms with van der Waals surface area (Å²) >= 11 is 0. The third-order valence-corrected chi connectivity index (χ3v) is 4.10. The van der Waals surface area contributed by atoms with Gasteiger partial charge in [-0.1, -0.05) is 71.1 Å². The van der Waals surface area contributed by atoms with Gasteiger partial charge in [-0.15, -0.1) is 0 Å². The lowest BCUT2D eigenvalue weighted by Crippen LogP contribution is -2.19. The van der Waals surface area contributed by atoms with E-state index in [0.29, 0.717) is 6.42 Å². The lowest BCUT2D eigenvalue weighted by molar-refractivity contribution is 0.180. The van der Waals surface area contributed by atoms with Gasteiger partial charge in [-0.2, -0.15) is 8.42 Å². The van der Waals surface area contributed by atoms with E-state index in [1.807, 2.05) is 0 Å². The third kappa shape index (κ3) is 15.8. The zero-order valence-corrected chi connectivity index (χ0v) is 13.0. The van der Waals surface area contributed by atoms with Gasteiger partial charge < -0.3 is 5.11 Å². The Kier molecular flexibility index (Phi) is 11.6. The van der Waals surface area contributed by atoms with Gasteiger partial charge in [0, 0.05) is 0 Å². The largest absolute Gasteiger partial charge is 0.392 e. The van der Waals surface area contributed by atoms with Gasteiger partial charge in [-0.25, -0.2) is 0 Å². The first-order chi connectivity index (χ1) is 8.95. The van der Waals surface area contributed by atoms with Gasteiger partial charge in [0.1, 0.15) is 5.75 Å². The van der Waals surface area contributed by atoms with Crippen molar-refractivity contribution in [2.75, 3.05) is 5.75 Å². The van der Waals surface area contributed by atoms with E-state index in [1.165, 1.54) is 44.9 Å². The maximum atomic E-state index is 10.5. The Morgan fingerprint density at radius 2 is 1.26 bits per heavy atom.